The summed E-state index contributed by atoms with van der Waals surface area (Å²) in [5.74, 6) is 0. The van der Waals surface area contributed by atoms with Crippen molar-refractivity contribution in [1.29, 1.82) is 5.26 Å². The van der Waals surface area contributed by atoms with Crippen molar-refractivity contribution in [2.24, 2.45) is 0 Å². The minimum absolute atomic E-state index is 0.0257. The van der Waals surface area contributed by atoms with Gasteiger partial charge < -0.3 is 4.74 Å². The summed E-state index contributed by atoms with van der Waals surface area (Å²) in [6.07, 6.45) is 2.08. The van der Waals surface area contributed by atoms with E-state index in [0.29, 0.717) is 6.61 Å². The third-order valence-corrected chi connectivity index (χ3v) is 3.52. The van der Waals surface area contributed by atoms with Crippen molar-refractivity contribution in [3.63, 3.8) is 0 Å². The SMILES string of the molecule is N#CC1CCC2OCC(c3ccccc3)N12. The Labute approximate surface area is 95.2 Å². The Kier molecular flexibility index (Phi) is 2.39. The van der Waals surface area contributed by atoms with Crippen molar-refractivity contribution < 1.29 is 4.74 Å². The molecule has 1 aromatic carbocycles. The normalized spacial score (nSPS) is 33.6. The van der Waals surface area contributed by atoms with Crippen molar-refractivity contribution in [1.82, 2.24) is 4.90 Å². The lowest BCUT2D eigenvalue weighted by molar-refractivity contribution is 0.0526. The standard InChI is InChI=1S/C13H14N2O/c14-8-11-6-7-13-15(11)12(9-16-13)10-4-2-1-3-5-10/h1-5,11-13H,6-7,9H2. The van der Waals surface area contributed by atoms with Gasteiger partial charge >= 0.3 is 0 Å². The van der Waals surface area contributed by atoms with Crippen LogP contribution < -0.4 is 0 Å². The molecule has 2 fully saturated rings. The van der Waals surface area contributed by atoms with E-state index in [4.69, 9.17) is 10.00 Å². The van der Waals surface area contributed by atoms with E-state index >= 15 is 0 Å². The lowest BCUT2D eigenvalue weighted by Gasteiger charge is -2.24. The number of hydrogen-bond donors (Lipinski definition) is 0. The zero-order valence-electron chi connectivity index (χ0n) is 9.04. The van der Waals surface area contributed by atoms with Gasteiger partial charge in [-0.3, -0.25) is 4.90 Å². The molecule has 0 saturated carbocycles. The van der Waals surface area contributed by atoms with Gasteiger partial charge in [-0.15, -0.1) is 0 Å². The molecule has 0 radical (unpaired) electrons. The van der Waals surface area contributed by atoms with Crippen LogP contribution in [0.4, 0.5) is 0 Å². The number of ether oxygens (including phenoxy) is 1. The Morgan fingerprint density at radius 1 is 1.25 bits per heavy atom. The number of benzene rings is 1. The smallest absolute Gasteiger partial charge is 0.112 e. The van der Waals surface area contributed by atoms with E-state index in [-0.39, 0.29) is 18.3 Å². The summed E-state index contributed by atoms with van der Waals surface area (Å²) in [6.45, 7) is 0.715. The predicted octanol–water partition coefficient (Wildman–Crippen LogP) is 2.07. The van der Waals surface area contributed by atoms with Gasteiger partial charge in [0.1, 0.15) is 12.3 Å². The van der Waals surface area contributed by atoms with E-state index in [1.54, 1.807) is 0 Å². The second kappa shape index (κ2) is 3.89. The van der Waals surface area contributed by atoms with E-state index in [2.05, 4.69) is 23.1 Å². The summed E-state index contributed by atoms with van der Waals surface area (Å²) < 4.78 is 5.75. The molecule has 0 bridgehead atoms. The fourth-order valence-corrected chi connectivity index (χ4v) is 2.75. The molecule has 1 aromatic rings. The van der Waals surface area contributed by atoms with Gasteiger partial charge in [-0.2, -0.15) is 5.26 Å². The Balaban J connectivity index is 1.90. The Morgan fingerprint density at radius 2 is 2.06 bits per heavy atom. The van der Waals surface area contributed by atoms with Gasteiger partial charge in [0.15, 0.2) is 0 Å². The van der Waals surface area contributed by atoms with Crippen molar-refractivity contribution in [2.75, 3.05) is 6.61 Å². The lowest BCUT2D eigenvalue weighted by atomic mass is 10.1. The Hall–Kier alpha value is -1.37. The summed E-state index contributed by atoms with van der Waals surface area (Å²) in [5, 5.41) is 9.13. The highest BCUT2D eigenvalue weighted by molar-refractivity contribution is 5.22. The topological polar surface area (TPSA) is 36.3 Å². The first-order valence-electron chi connectivity index (χ1n) is 5.74. The van der Waals surface area contributed by atoms with Gasteiger partial charge in [-0.1, -0.05) is 30.3 Å². The minimum Gasteiger partial charge on any atom is -0.361 e. The van der Waals surface area contributed by atoms with Crippen molar-refractivity contribution >= 4 is 0 Å². The largest absolute Gasteiger partial charge is 0.361 e. The first kappa shape index (κ1) is 9.83. The zero-order chi connectivity index (χ0) is 11.0. The van der Waals surface area contributed by atoms with Crippen LogP contribution in [0, 0.1) is 11.3 Å². The molecule has 0 aromatic heterocycles. The van der Waals surface area contributed by atoms with Crippen molar-refractivity contribution in [2.45, 2.75) is 31.2 Å². The zero-order valence-corrected chi connectivity index (χ0v) is 9.04. The summed E-state index contributed by atoms with van der Waals surface area (Å²) in [4.78, 5) is 2.23. The summed E-state index contributed by atoms with van der Waals surface area (Å²) in [7, 11) is 0. The number of nitrogens with zero attached hydrogens (tertiary/aromatic N) is 2. The second-order valence-electron chi connectivity index (χ2n) is 4.38. The third kappa shape index (κ3) is 1.42. The molecule has 3 rings (SSSR count). The van der Waals surface area contributed by atoms with Crippen LogP contribution in [0.15, 0.2) is 30.3 Å². The molecule has 2 saturated heterocycles. The highest BCUT2D eigenvalue weighted by atomic mass is 16.5. The maximum atomic E-state index is 9.13. The molecule has 0 N–H and O–H groups in total. The van der Waals surface area contributed by atoms with Gasteiger partial charge in [0.25, 0.3) is 0 Å². The van der Waals surface area contributed by atoms with Crippen LogP contribution in [-0.4, -0.2) is 23.8 Å². The van der Waals surface area contributed by atoms with E-state index in [1.165, 1.54) is 5.56 Å². The molecule has 3 atom stereocenters. The Morgan fingerprint density at radius 3 is 2.81 bits per heavy atom. The fraction of sp³-hybridized carbons (Fsp3) is 0.462. The van der Waals surface area contributed by atoms with Crippen molar-refractivity contribution in [3.05, 3.63) is 35.9 Å². The van der Waals surface area contributed by atoms with Gasteiger partial charge in [0, 0.05) is 0 Å². The van der Waals surface area contributed by atoms with Gasteiger partial charge in [0.05, 0.1) is 18.7 Å². The van der Waals surface area contributed by atoms with Crippen LogP contribution >= 0.6 is 0 Å². The van der Waals surface area contributed by atoms with Crippen LogP contribution in [0.3, 0.4) is 0 Å². The molecule has 0 aliphatic carbocycles. The fourth-order valence-electron chi connectivity index (χ4n) is 2.75. The molecule has 2 heterocycles. The van der Waals surface area contributed by atoms with E-state index < -0.39 is 0 Å². The summed E-state index contributed by atoms with van der Waals surface area (Å²) in [5.41, 5.74) is 1.26. The predicted molar refractivity (Wildman–Crippen MR) is 59.4 cm³/mol. The van der Waals surface area contributed by atoms with Crippen LogP contribution in [0.5, 0.6) is 0 Å². The average Bonchev–Trinajstić information content (AvgIpc) is 2.90. The van der Waals surface area contributed by atoms with Crippen LogP contribution in [0.25, 0.3) is 0 Å². The Bertz CT molecular complexity index is 412. The maximum absolute atomic E-state index is 9.13. The number of rotatable bonds is 1. The first-order chi connectivity index (χ1) is 7.90. The molecule has 3 unspecified atom stereocenters. The summed E-state index contributed by atoms with van der Waals surface area (Å²) >= 11 is 0. The molecule has 2 aliphatic heterocycles. The second-order valence-corrected chi connectivity index (χ2v) is 4.38. The third-order valence-electron chi connectivity index (χ3n) is 3.52. The average molecular weight is 214 g/mol. The van der Waals surface area contributed by atoms with Crippen LogP contribution in [-0.2, 0) is 4.74 Å². The molecule has 16 heavy (non-hydrogen) atoms. The molecular formula is C13H14N2O. The van der Waals surface area contributed by atoms with Crippen molar-refractivity contribution in [3.8, 4) is 6.07 Å². The van der Waals surface area contributed by atoms with Crippen LogP contribution in [0.1, 0.15) is 24.4 Å². The molecule has 3 nitrogen and oxygen atoms in total. The van der Waals surface area contributed by atoms with Crippen LogP contribution in [0.2, 0.25) is 0 Å². The minimum atomic E-state index is 0.0257. The molecular weight excluding hydrogens is 200 g/mol. The monoisotopic (exact) mass is 214 g/mol. The van der Waals surface area contributed by atoms with Gasteiger partial charge in [-0.25, -0.2) is 0 Å². The number of fused-ring (bicyclic) bond motifs is 1. The van der Waals surface area contributed by atoms with Gasteiger partial charge in [0.2, 0.25) is 0 Å². The van der Waals surface area contributed by atoms with E-state index in [0.717, 1.165) is 12.8 Å². The van der Waals surface area contributed by atoms with E-state index in [1.807, 2.05) is 18.2 Å². The molecule has 0 amide bonds. The molecule has 2 aliphatic rings. The van der Waals surface area contributed by atoms with Gasteiger partial charge in [-0.05, 0) is 18.4 Å². The maximum Gasteiger partial charge on any atom is 0.112 e. The quantitative estimate of drug-likeness (QED) is 0.718. The first-order valence-corrected chi connectivity index (χ1v) is 5.74. The molecule has 3 heteroatoms. The molecule has 82 valence electrons. The highest BCUT2D eigenvalue weighted by Crippen LogP contribution is 2.39. The lowest BCUT2D eigenvalue weighted by Crippen LogP contribution is -2.33. The van der Waals surface area contributed by atoms with E-state index in [9.17, 15) is 0 Å². The highest BCUT2D eigenvalue weighted by Gasteiger charge is 2.44. The number of hydrogen-bond acceptors (Lipinski definition) is 3. The number of nitriles is 1. The summed E-state index contributed by atoms with van der Waals surface area (Å²) in [6, 6.07) is 13.0. The molecule has 0 spiro atoms.